The molecule has 3 nitrogen and oxygen atoms in total. The highest BCUT2D eigenvalue weighted by atomic mass is 16.5. The summed E-state index contributed by atoms with van der Waals surface area (Å²) in [5, 5.41) is 0. The van der Waals surface area contributed by atoms with Crippen molar-refractivity contribution in [2.24, 2.45) is 45.3 Å². The van der Waals surface area contributed by atoms with Crippen LogP contribution in [-0.2, 0) is 14.3 Å². The highest BCUT2D eigenvalue weighted by Crippen LogP contribution is 2.72. The topological polar surface area (TPSA) is 43.4 Å². The Balaban J connectivity index is 1.57. The minimum absolute atomic E-state index is 0.0751. The van der Waals surface area contributed by atoms with Crippen molar-refractivity contribution in [3.63, 3.8) is 0 Å². The predicted octanol–water partition coefficient (Wildman–Crippen LogP) is 7.47. The summed E-state index contributed by atoms with van der Waals surface area (Å²) in [6, 6.07) is 0. The lowest BCUT2D eigenvalue weighted by Gasteiger charge is -2.62. The fourth-order valence-corrected chi connectivity index (χ4v) is 9.00. The quantitative estimate of drug-likeness (QED) is 0.240. The van der Waals surface area contributed by atoms with Crippen LogP contribution >= 0.6 is 0 Å². The van der Waals surface area contributed by atoms with Gasteiger partial charge in [-0.1, -0.05) is 65.3 Å². The van der Waals surface area contributed by atoms with Gasteiger partial charge in [0.15, 0.2) is 5.78 Å². The second-order valence-electron chi connectivity index (χ2n) is 13.2. The Labute approximate surface area is 207 Å². The first-order valence-electron chi connectivity index (χ1n) is 13.5. The zero-order valence-electron chi connectivity index (χ0n) is 22.8. The van der Waals surface area contributed by atoms with E-state index >= 15 is 0 Å². The van der Waals surface area contributed by atoms with E-state index < -0.39 is 0 Å². The summed E-state index contributed by atoms with van der Waals surface area (Å²) in [5.74, 6) is 2.35. The van der Waals surface area contributed by atoms with E-state index in [0.29, 0.717) is 34.9 Å². The van der Waals surface area contributed by atoms with Crippen molar-refractivity contribution in [1.29, 1.82) is 0 Å². The van der Waals surface area contributed by atoms with Gasteiger partial charge in [0.05, 0.1) is 7.11 Å². The van der Waals surface area contributed by atoms with E-state index in [1.54, 1.807) is 5.57 Å². The summed E-state index contributed by atoms with van der Waals surface area (Å²) in [7, 11) is 1.45. The first-order chi connectivity index (χ1) is 15.8. The van der Waals surface area contributed by atoms with Gasteiger partial charge in [0.25, 0.3) is 0 Å². The molecule has 0 radical (unpaired) electrons. The smallest absolute Gasteiger partial charge is 0.333 e. The van der Waals surface area contributed by atoms with Crippen LogP contribution in [0.15, 0.2) is 35.5 Å². The molecule has 0 saturated heterocycles. The van der Waals surface area contributed by atoms with Crippen molar-refractivity contribution in [3.05, 3.63) is 35.5 Å². The first kappa shape index (κ1) is 25.5. The number of carbonyl (C=O) groups excluding carboxylic acids is 2. The monoisotopic (exact) mass is 466 g/mol. The van der Waals surface area contributed by atoms with Gasteiger partial charge in [-0.2, -0.15) is 0 Å². The minimum atomic E-state index is -0.282. The number of ketones is 1. The predicted molar refractivity (Wildman–Crippen MR) is 138 cm³/mol. The van der Waals surface area contributed by atoms with Crippen molar-refractivity contribution in [1.82, 2.24) is 0 Å². The third-order valence-corrected chi connectivity index (χ3v) is 11.4. The van der Waals surface area contributed by atoms with Crippen LogP contribution in [-0.4, -0.2) is 18.9 Å². The maximum atomic E-state index is 12.7. The summed E-state index contributed by atoms with van der Waals surface area (Å²) in [6.45, 7) is 16.2. The average molecular weight is 467 g/mol. The molecule has 34 heavy (non-hydrogen) atoms. The van der Waals surface area contributed by atoms with Crippen LogP contribution in [0.4, 0.5) is 0 Å². The van der Waals surface area contributed by atoms with Crippen LogP contribution in [0.1, 0.15) is 93.4 Å². The minimum Gasteiger partial charge on any atom is -0.466 e. The van der Waals surface area contributed by atoms with Gasteiger partial charge in [-0.05, 0) is 97.9 Å². The maximum Gasteiger partial charge on any atom is 0.333 e. The molecule has 0 heterocycles. The lowest BCUT2D eigenvalue weighted by atomic mass is 9.42. The Hall–Kier alpha value is -1.64. The van der Waals surface area contributed by atoms with E-state index in [1.807, 2.05) is 13.0 Å². The van der Waals surface area contributed by atoms with Crippen molar-refractivity contribution in [2.75, 3.05) is 7.11 Å². The summed E-state index contributed by atoms with van der Waals surface area (Å²) >= 11 is 0. The van der Waals surface area contributed by atoms with E-state index in [-0.39, 0.29) is 22.2 Å². The van der Waals surface area contributed by atoms with Gasteiger partial charge in [-0.15, -0.1) is 0 Å². The van der Waals surface area contributed by atoms with Crippen LogP contribution in [0, 0.1) is 45.3 Å². The number of carbonyl (C=O) groups is 2. The molecule has 0 amide bonds. The molecule has 0 aromatic rings. The molecule has 0 N–H and O–H groups in total. The Bertz CT molecular complexity index is 952. The highest BCUT2D eigenvalue weighted by Gasteiger charge is 2.64. The summed E-state index contributed by atoms with van der Waals surface area (Å²) in [6.07, 6.45) is 17.0. The van der Waals surface area contributed by atoms with Crippen molar-refractivity contribution >= 4 is 11.8 Å². The Morgan fingerprint density at radius 1 is 1.18 bits per heavy atom. The van der Waals surface area contributed by atoms with Crippen LogP contribution in [0.5, 0.6) is 0 Å². The first-order valence-corrected chi connectivity index (χ1v) is 13.5. The van der Waals surface area contributed by atoms with Crippen LogP contribution in [0.3, 0.4) is 0 Å². The number of hydrogen-bond acceptors (Lipinski definition) is 3. The molecule has 0 aliphatic heterocycles. The molecule has 0 bridgehead atoms. The van der Waals surface area contributed by atoms with E-state index in [0.717, 1.165) is 24.8 Å². The van der Waals surface area contributed by atoms with Gasteiger partial charge < -0.3 is 4.74 Å². The Morgan fingerprint density at radius 2 is 1.88 bits per heavy atom. The molecule has 4 rings (SSSR count). The molecule has 0 spiro atoms. The van der Waals surface area contributed by atoms with Crippen LogP contribution < -0.4 is 0 Å². The Kier molecular flexibility index (Phi) is 6.35. The average Bonchev–Trinajstić information content (AvgIpc) is 3.07. The van der Waals surface area contributed by atoms with Gasteiger partial charge >= 0.3 is 5.97 Å². The van der Waals surface area contributed by atoms with Gasteiger partial charge in [-0.3, -0.25) is 4.79 Å². The molecule has 188 valence electrons. The summed E-state index contributed by atoms with van der Waals surface area (Å²) < 4.78 is 4.85. The van der Waals surface area contributed by atoms with Gasteiger partial charge in [-0.25, -0.2) is 4.79 Å². The van der Waals surface area contributed by atoms with E-state index in [4.69, 9.17) is 4.74 Å². The summed E-state index contributed by atoms with van der Waals surface area (Å²) in [5.41, 5.74) is 2.75. The lowest BCUT2D eigenvalue weighted by molar-refractivity contribution is -0.136. The van der Waals surface area contributed by atoms with E-state index in [2.05, 4.69) is 59.8 Å². The maximum absolute atomic E-state index is 12.7. The number of fused-ring (bicyclic) bond motifs is 5. The molecule has 4 aliphatic rings. The number of methoxy groups -OCH3 is 1. The standard InChI is InChI=1S/C31H46O3/c1-20(10-9-11-21(2)27(33)34-8)22-14-18-31(7)24-12-13-25-28(3,4)26(32)16-17-29(25,5)23(24)15-19-30(22,31)6/h11-12,16-17,20,22-23,25H,9-10,13-15,18-19H2,1-8H3/b21-11+/t20-,22-,23+,25+,29-,30-,31+/m1/s1. The number of esters is 1. The van der Waals surface area contributed by atoms with Gasteiger partial charge in [0.2, 0.25) is 0 Å². The molecule has 0 aromatic carbocycles. The van der Waals surface area contributed by atoms with E-state index in [9.17, 15) is 9.59 Å². The fraction of sp³-hybridized carbons (Fsp3) is 0.742. The number of allylic oxidation sites excluding steroid dienone is 5. The van der Waals surface area contributed by atoms with Crippen molar-refractivity contribution in [3.8, 4) is 0 Å². The number of rotatable bonds is 5. The largest absolute Gasteiger partial charge is 0.466 e. The molecular formula is C31H46O3. The lowest BCUT2D eigenvalue weighted by Crippen LogP contribution is -2.55. The molecule has 3 heteroatoms. The Morgan fingerprint density at radius 3 is 2.56 bits per heavy atom. The number of ether oxygens (including phenoxy) is 1. The highest BCUT2D eigenvalue weighted by molar-refractivity contribution is 5.95. The molecule has 2 saturated carbocycles. The molecule has 0 aromatic heterocycles. The van der Waals surface area contributed by atoms with Gasteiger partial charge in [0.1, 0.15) is 0 Å². The zero-order chi connectivity index (χ0) is 25.1. The number of hydrogen-bond donors (Lipinski definition) is 0. The molecule has 2 fully saturated rings. The second-order valence-corrected chi connectivity index (χ2v) is 13.2. The van der Waals surface area contributed by atoms with Crippen LogP contribution in [0.2, 0.25) is 0 Å². The molecule has 4 aliphatic carbocycles. The third-order valence-electron chi connectivity index (χ3n) is 11.4. The fourth-order valence-electron chi connectivity index (χ4n) is 9.00. The van der Waals surface area contributed by atoms with Crippen molar-refractivity contribution < 1.29 is 14.3 Å². The molecule has 0 unspecified atom stereocenters. The zero-order valence-corrected chi connectivity index (χ0v) is 22.8. The third kappa shape index (κ3) is 3.51. The molecular weight excluding hydrogens is 420 g/mol. The second kappa shape index (κ2) is 8.49. The van der Waals surface area contributed by atoms with E-state index in [1.165, 1.54) is 32.8 Å². The van der Waals surface area contributed by atoms with Crippen LogP contribution in [0.25, 0.3) is 0 Å². The molecule has 7 atom stereocenters. The SMILES string of the molecule is COC(=O)/C(C)=C/CC[C@@H](C)[C@H]1CC[C@@]2(C)C3=CC[C@H]4C(C)(C)C(=O)C=C[C@]4(C)[C@H]3CC[C@]12C. The van der Waals surface area contributed by atoms with Gasteiger partial charge in [0, 0.05) is 11.0 Å². The summed E-state index contributed by atoms with van der Waals surface area (Å²) in [4.78, 5) is 24.5. The van der Waals surface area contributed by atoms with Crippen molar-refractivity contribution in [2.45, 2.75) is 93.4 Å². The normalized spacial score (nSPS) is 41.8.